The van der Waals surface area contributed by atoms with E-state index >= 15 is 0 Å². The van der Waals surface area contributed by atoms with Crippen LogP contribution in [0.25, 0.3) is 0 Å². The number of nitrogens with zero attached hydrogens (tertiary/aromatic N) is 2. The van der Waals surface area contributed by atoms with Crippen LogP contribution in [0.15, 0.2) is 60.7 Å². The molecule has 1 heterocycles. The second kappa shape index (κ2) is 9.66. The van der Waals surface area contributed by atoms with Crippen molar-refractivity contribution in [3.05, 3.63) is 71.9 Å². The minimum Gasteiger partial charge on any atom is -0.494 e. The largest absolute Gasteiger partial charge is 0.494 e. The van der Waals surface area contributed by atoms with Crippen LogP contribution in [-0.2, 0) is 6.54 Å². The Kier molecular flexibility index (Phi) is 6.75. The van der Waals surface area contributed by atoms with Crippen molar-refractivity contribution < 1.29 is 4.74 Å². The van der Waals surface area contributed by atoms with E-state index in [-0.39, 0.29) is 0 Å². The van der Waals surface area contributed by atoms with Gasteiger partial charge in [0, 0.05) is 24.0 Å². The second-order valence-corrected chi connectivity index (χ2v) is 6.50. The summed E-state index contributed by atoms with van der Waals surface area (Å²) in [5.41, 5.74) is 2.89. The van der Waals surface area contributed by atoms with Gasteiger partial charge in [0.1, 0.15) is 11.6 Å². The van der Waals surface area contributed by atoms with E-state index in [2.05, 4.69) is 25.9 Å². The van der Waals surface area contributed by atoms with Crippen LogP contribution in [0.4, 0.5) is 17.5 Å². The number of aromatic nitrogens is 2. The lowest BCUT2D eigenvalue weighted by Crippen LogP contribution is -2.28. The number of anilines is 3. The normalized spacial score (nSPS) is 10.2. The fraction of sp³-hybridized carbons (Fsp3) is 0.190. The average molecular weight is 394 g/mol. The van der Waals surface area contributed by atoms with Gasteiger partial charge in [0.05, 0.1) is 6.61 Å². The zero-order valence-electron chi connectivity index (χ0n) is 15.9. The number of aryl methyl sites for hydroxylation is 1. The van der Waals surface area contributed by atoms with E-state index in [1.807, 2.05) is 74.5 Å². The molecule has 0 fully saturated rings. The molecule has 0 saturated heterocycles. The van der Waals surface area contributed by atoms with Gasteiger partial charge in [0.2, 0.25) is 5.95 Å². The predicted molar refractivity (Wildman–Crippen MR) is 117 cm³/mol. The molecule has 28 heavy (non-hydrogen) atoms. The van der Waals surface area contributed by atoms with E-state index in [0.29, 0.717) is 30.0 Å². The van der Waals surface area contributed by atoms with Crippen LogP contribution in [0.5, 0.6) is 5.75 Å². The monoisotopic (exact) mass is 393 g/mol. The zero-order chi connectivity index (χ0) is 19.8. The number of hydrogen-bond acceptors (Lipinski definition) is 5. The van der Waals surface area contributed by atoms with Crippen molar-refractivity contribution in [1.82, 2.24) is 15.3 Å². The first-order chi connectivity index (χ1) is 13.6. The molecule has 0 atom stereocenters. The third-order valence-corrected chi connectivity index (χ3v) is 4.06. The summed E-state index contributed by atoms with van der Waals surface area (Å²) >= 11 is 5.35. The molecule has 0 saturated carbocycles. The van der Waals surface area contributed by atoms with Crippen molar-refractivity contribution in [3.63, 3.8) is 0 Å². The maximum absolute atomic E-state index is 5.46. The Morgan fingerprint density at radius 3 is 2.50 bits per heavy atom. The first kappa shape index (κ1) is 19.6. The molecule has 0 aliphatic heterocycles. The van der Waals surface area contributed by atoms with Gasteiger partial charge >= 0.3 is 0 Å². The first-order valence-electron chi connectivity index (χ1n) is 9.06. The van der Waals surface area contributed by atoms with Crippen LogP contribution in [0.1, 0.15) is 18.2 Å². The highest BCUT2D eigenvalue weighted by atomic mass is 32.1. The molecule has 0 aliphatic rings. The fourth-order valence-electron chi connectivity index (χ4n) is 2.56. The Hall–Kier alpha value is -3.19. The van der Waals surface area contributed by atoms with Gasteiger partial charge in [-0.15, -0.1) is 0 Å². The lowest BCUT2D eigenvalue weighted by Gasteiger charge is -2.12. The van der Waals surface area contributed by atoms with Crippen LogP contribution in [0.3, 0.4) is 0 Å². The zero-order valence-corrected chi connectivity index (χ0v) is 16.7. The van der Waals surface area contributed by atoms with Crippen LogP contribution in [-0.4, -0.2) is 21.7 Å². The topological polar surface area (TPSA) is 71.1 Å². The lowest BCUT2D eigenvalue weighted by molar-refractivity contribution is 0.340. The SMILES string of the molecule is CCOc1ccc(Nc2cc(C)nc(NC(=S)NCc3ccccc3)n2)cc1. The summed E-state index contributed by atoms with van der Waals surface area (Å²) in [7, 11) is 0. The Morgan fingerprint density at radius 1 is 1.04 bits per heavy atom. The number of hydrogen-bond donors (Lipinski definition) is 3. The van der Waals surface area contributed by atoms with Gasteiger partial charge in [-0.2, -0.15) is 4.98 Å². The molecule has 0 aliphatic carbocycles. The molecule has 0 unspecified atom stereocenters. The standard InChI is InChI=1S/C21H23N5OS/c1-3-27-18-11-9-17(10-12-18)24-19-13-15(2)23-20(25-19)26-21(28)22-14-16-7-5-4-6-8-16/h4-13H,3,14H2,1-2H3,(H3,22,23,24,25,26,28). The van der Waals surface area contributed by atoms with Gasteiger partial charge in [-0.25, -0.2) is 4.98 Å². The van der Waals surface area contributed by atoms with E-state index in [0.717, 1.165) is 22.7 Å². The summed E-state index contributed by atoms with van der Waals surface area (Å²) in [6.07, 6.45) is 0. The van der Waals surface area contributed by atoms with Gasteiger partial charge in [-0.3, -0.25) is 0 Å². The minimum atomic E-state index is 0.444. The minimum absolute atomic E-state index is 0.444. The average Bonchev–Trinajstić information content (AvgIpc) is 2.68. The summed E-state index contributed by atoms with van der Waals surface area (Å²) < 4.78 is 5.46. The number of benzene rings is 2. The molecule has 7 heteroatoms. The number of thiocarbonyl (C=S) groups is 1. The molecule has 1 aromatic heterocycles. The molecule has 0 radical (unpaired) electrons. The molecule has 0 bridgehead atoms. The predicted octanol–water partition coefficient (Wildman–Crippen LogP) is 4.41. The van der Waals surface area contributed by atoms with Crippen LogP contribution in [0.2, 0.25) is 0 Å². The quantitative estimate of drug-likeness (QED) is 0.514. The molecule has 0 amide bonds. The van der Waals surface area contributed by atoms with E-state index < -0.39 is 0 Å². The second-order valence-electron chi connectivity index (χ2n) is 6.09. The maximum atomic E-state index is 5.46. The number of nitrogens with one attached hydrogen (secondary N) is 3. The van der Waals surface area contributed by atoms with Crippen molar-refractivity contribution in [2.45, 2.75) is 20.4 Å². The molecule has 144 valence electrons. The highest BCUT2D eigenvalue weighted by Crippen LogP contribution is 2.20. The molecule has 2 aromatic carbocycles. The Morgan fingerprint density at radius 2 is 1.79 bits per heavy atom. The van der Waals surface area contributed by atoms with Gasteiger partial charge in [0.15, 0.2) is 5.11 Å². The summed E-state index contributed by atoms with van der Waals surface area (Å²) in [4.78, 5) is 8.89. The fourth-order valence-corrected chi connectivity index (χ4v) is 2.72. The molecule has 3 aromatic rings. The Balaban J connectivity index is 1.61. The number of ether oxygens (including phenoxy) is 1. The Bertz CT molecular complexity index is 916. The lowest BCUT2D eigenvalue weighted by atomic mass is 10.2. The first-order valence-corrected chi connectivity index (χ1v) is 9.47. The number of rotatable bonds is 7. The molecular formula is C21H23N5OS. The van der Waals surface area contributed by atoms with Crippen molar-refractivity contribution in [1.29, 1.82) is 0 Å². The van der Waals surface area contributed by atoms with Crippen LogP contribution < -0.4 is 20.7 Å². The Labute approximate surface area is 170 Å². The van der Waals surface area contributed by atoms with Crippen molar-refractivity contribution in [2.24, 2.45) is 0 Å². The van der Waals surface area contributed by atoms with Gasteiger partial charge in [0.25, 0.3) is 0 Å². The van der Waals surface area contributed by atoms with Crippen LogP contribution in [0, 0.1) is 6.92 Å². The van der Waals surface area contributed by atoms with Crippen molar-refractivity contribution in [3.8, 4) is 5.75 Å². The van der Waals surface area contributed by atoms with Crippen LogP contribution >= 0.6 is 12.2 Å². The van der Waals surface area contributed by atoms with Crippen molar-refractivity contribution >= 4 is 34.8 Å². The summed E-state index contributed by atoms with van der Waals surface area (Å²) in [5.74, 6) is 1.97. The van der Waals surface area contributed by atoms with Gasteiger partial charge in [-0.1, -0.05) is 30.3 Å². The smallest absolute Gasteiger partial charge is 0.231 e. The summed E-state index contributed by atoms with van der Waals surface area (Å²) in [6.45, 7) is 5.15. The summed E-state index contributed by atoms with van der Waals surface area (Å²) in [5, 5.41) is 9.95. The summed E-state index contributed by atoms with van der Waals surface area (Å²) in [6, 6.07) is 19.7. The van der Waals surface area contributed by atoms with E-state index in [9.17, 15) is 0 Å². The third kappa shape index (κ3) is 5.92. The van der Waals surface area contributed by atoms with Gasteiger partial charge < -0.3 is 20.7 Å². The van der Waals surface area contributed by atoms with Gasteiger partial charge in [-0.05, 0) is 55.9 Å². The van der Waals surface area contributed by atoms with E-state index in [1.54, 1.807) is 0 Å². The third-order valence-electron chi connectivity index (χ3n) is 3.81. The van der Waals surface area contributed by atoms with E-state index in [1.165, 1.54) is 0 Å². The highest BCUT2D eigenvalue weighted by molar-refractivity contribution is 7.80. The molecule has 6 nitrogen and oxygen atoms in total. The molecular weight excluding hydrogens is 370 g/mol. The molecule has 3 N–H and O–H groups in total. The molecule has 3 rings (SSSR count). The van der Waals surface area contributed by atoms with E-state index in [4.69, 9.17) is 17.0 Å². The maximum Gasteiger partial charge on any atom is 0.231 e. The highest BCUT2D eigenvalue weighted by Gasteiger charge is 2.05. The van der Waals surface area contributed by atoms with Crippen molar-refractivity contribution in [2.75, 3.05) is 17.2 Å². The molecule has 0 spiro atoms.